The van der Waals surface area contributed by atoms with E-state index < -0.39 is 0 Å². The minimum absolute atomic E-state index is 0.238. The number of pyridine rings is 1. The first-order valence-electron chi connectivity index (χ1n) is 10.7. The van der Waals surface area contributed by atoms with E-state index in [1.165, 1.54) is 18.2 Å². The first kappa shape index (κ1) is 21.3. The van der Waals surface area contributed by atoms with Crippen LogP contribution in [0.3, 0.4) is 0 Å². The third kappa shape index (κ3) is 3.68. The lowest BCUT2D eigenvalue weighted by atomic mass is 9.96. The summed E-state index contributed by atoms with van der Waals surface area (Å²) < 4.78 is 30.3. The predicted octanol–water partition coefficient (Wildman–Crippen LogP) is 5.94. The average molecular weight is 461 g/mol. The Labute approximate surface area is 196 Å². The molecule has 0 saturated carbocycles. The van der Waals surface area contributed by atoms with Crippen molar-refractivity contribution in [2.45, 2.75) is 25.9 Å². The monoisotopic (exact) mass is 460 g/mol. The zero-order valence-corrected chi connectivity index (χ0v) is 19.0. The summed E-state index contributed by atoms with van der Waals surface area (Å²) in [5.74, 6) is -0.602. The van der Waals surface area contributed by atoms with Gasteiger partial charge in [-0.15, -0.1) is 0 Å². The Morgan fingerprint density at radius 1 is 0.939 bits per heavy atom. The fraction of sp³-hybridized carbons (Fsp3) is 0.154. The molecule has 0 radical (unpaired) electrons. The molecule has 7 heteroatoms. The fourth-order valence-electron chi connectivity index (χ4n) is 4.64. The number of nitrogens with zero attached hydrogens (tertiary/aromatic N) is 3. The number of hydrogen-bond donors (Lipinski definition) is 1. The SMILES string of the molecule is Cc1cc(C2C(c3ccccn3)NC(=S)N2c2ccc(F)cc2)c(C)n1-c1ccccc1F. The Hall–Kier alpha value is -3.58. The molecular formula is C26H22F2N4S. The highest BCUT2D eigenvalue weighted by atomic mass is 32.1. The molecule has 1 aliphatic rings. The largest absolute Gasteiger partial charge is 0.351 e. The number of halogens is 2. The summed E-state index contributed by atoms with van der Waals surface area (Å²) in [6, 6.07) is 20.3. The van der Waals surface area contributed by atoms with Crippen molar-refractivity contribution >= 4 is 23.0 Å². The van der Waals surface area contributed by atoms with Gasteiger partial charge in [-0.3, -0.25) is 4.98 Å². The van der Waals surface area contributed by atoms with Gasteiger partial charge in [-0.05, 0) is 86.2 Å². The zero-order chi connectivity index (χ0) is 23.1. The van der Waals surface area contributed by atoms with Gasteiger partial charge < -0.3 is 14.8 Å². The molecule has 1 aliphatic heterocycles. The van der Waals surface area contributed by atoms with E-state index in [9.17, 15) is 8.78 Å². The van der Waals surface area contributed by atoms with Crippen molar-refractivity contribution < 1.29 is 8.78 Å². The number of thiocarbonyl (C=S) groups is 1. The van der Waals surface area contributed by atoms with Crippen LogP contribution in [-0.4, -0.2) is 14.7 Å². The first-order chi connectivity index (χ1) is 16.0. The molecule has 1 fully saturated rings. The summed E-state index contributed by atoms with van der Waals surface area (Å²) >= 11 is 5.73. The molecule has 4 aromatic rings. The van der Waals surface area contributed by atoms with Crippen molar-refractivity contribution in [2.75, 3.05) is 4.90 Å². The van der Waals surface area contributed by atoms with Crippen molar-refractivity contribution in [2.24, 2.45) is 0 Å². The molecule has 33 heavy (non-hydrogen) atoms. The van der Waals surface area contributed by atoms with Crippen LogP contribution in [0.4, 0.5) is 14.5 Å². The molecule has 0 bridgehead atoms. The Kier molecular flexibility index (Phi) is 5.42. The number of nitrogens with one attached hydrogen (secondary N) is 1. The number of aryl methyl sites for hydroxylation is 1. The summed E-state index contributed by atoms with van der Waals surface area (Å²) in [7, 11) is 0. The number of rotatable bonds is 4. The molecule has 2 aromatic heterocycles. The predicted molar refractivity (Wildman–Crippen MR) is 130 cm³/mol. The molecule has 2 unspecified atom stereocenters. The topological polar surface area (TPSA) is 33.1 Å². The molecule has 4 nitrogen and oxygen atoms in total. The number of hydrogen-bond acceptors (Lipinski definition) is 2. The number of para-hydroxylation sites is 1. The molecule has 2 aromatic carbocycles. The van der Waals surface area contributed by atoms with Crippen LogP contribution in [0.25, 0.3) is 5.69 Å². The van der Waals surface area contributed by atoms with Gasteiger partial charge in [0.2, 0.25) is 0 Å². The normalized spacial score (nSPS) is 17.9. The van der Waals surface area contributed by atoms with E-state index in [0.717, 1.165) is 28.3 Å². The average Bonchev–Trinajstić information content (AvgIpc) is 3.31. The maximum Gasteiger partial charge on any atom is 0.174 e. The standard InChI is InChI=1S/C26H22F2N4S/c1-16-15-20(17(2)31(16)23-9-4-3-7-21(23)28)25-24(22-8-5-6-14-29-22)30-26(33)32(25)19-12-10-18(27)11-13-19/h3-15,24-25H,1-2H3,(H,30,33). The minimum Gasteiger partial charge on any atom is -0.351 e. The van der Waals surface area contributed by atoms with Gasteiger partial charge in [0.25, 0.3) is 0 Å². The Balaban J connectivity index is 1.69. The van der Waals surface area contributed by atoms with Crippen LogP contribution in [0.5, 0.6) is 0 Å². The van der Waals surface area contributed by atoms with Crippen molar-refractivity contribution in [1.29, 1.82) is 0 Å². The molecule has 0 amide bonds. The van der Waals surface area contributed by atoms with E-state index in [4.69, 9.17) is 12.2 Å². The van der Waals surface area contributed by atoms with Crippen LogP contribution in [-0.2, 0) is 0 Å². The Morgan fingerprint density at radius 2 is 1.67 bits per heavy atom. The van der Waals surface area contributed by atoms with Gasteiger partial charge >= 0.3 is 0 Å². The zero-order valence-electron chi connectivity index (χ0n) is 18.2. The summed E-state index contributed by atoms with van der Waals surface area (Å²) in [5, 5.41) is 3.93. The maximum absolute atomic E-state index is 14.7. The summed E-state index contributed by atoms with van der Waals surface area (Å²) in [4.78, 5) is 6.56. The van der Waals surface area contributed by atoms with E-state index in [0.29, 0.717) is 10.8 Å². The van der Waals surface area contributed by atoms with Crippen molar-refractivity contribution in [3.8, 4) is 5.69 Å². The van der Waals surface area contributed by atoms with Gasteiger partial charge in [0.15, 0.2) is 5.11 Å². The van der Waals surface area contributed by atoms with E-state index in [1.54, 1.807) is 30.5 Å². The molecule has 1 saturated heterocycles. The van der Waals surface area contributed by atoms with Crippen LogP contribution in [0.15, 0.2) is 79.0 Å². The van der Waals surface area contributed by atoms with Crippen molar-refractivity contribution in [1.82, 2.24) is 14.9 Å². The number of benzene rings is 2. The highest BCUT2D eigenvalue weighted by Crippen LogP contribution is 2.43. The Bertz CT molecular complexity index is 1320. The summed E-state index contributed by atoms with van der Waals surface area (Å²) in [6.07, 6.45) is 1.75. The smallest absolute Gasteiger partial charge is 0.174 e. The third-order valence-corrected chi connectivity index (χ3v) is 6.40. The molecule has 3 heterocycles. The highest BCUT2D eigenvalue weighted by molar-refractivity contribution is 7.80. The minimum atomic E-state index is -0.313. The molecule has 2 atom stereocenters. The molecule has 1 N–H and O–H groups in total. The van der Waals surface area contributed by atoms with E-state index in [1.807, 2.05) is 47.6 Å². The summed E-state index contributed by atoms with van der Waals surface area (Å²) in [6.45, 7) is 3.94. The van der Waals surface area contributed by atoms with Crippen molar-refractivity contribution in [3.05, 3.63) is 113 Å². The lowest BCUT2D eigenvalue weighted by molar-refractivity contribution is 0.564. The van der Waals surface area contributed by atoms with Crippen LogP contribution < -0.4 is 10.2 Å². The van der Waals surface area contributed by atoms with E-state index in [2.05, 4.69) is 16.4 Å². The van der Waals surface area contributed by atoms with E-state index in [-0.39, 0.29) is 23.7 Å². The number of anilines is 1. The van der Waals surface area contributed by atoms with Gasteiger partial charge in [0.05, 0.1) is 23.5 Å². The summed E-state index contributed by atoms with van der Waals surface area (Å²) in [5.41, 5.74) is 4.91. The third-order valence-electron chi connectivity index (χ3n) is 6.09. The second-order valence-corrected chi connectivity index (χ2v) is 8.47. The van der Waals surface area contributed by atoms with Crippen molar-refractivity contribution in [3.63, 3.8) is 0 Å². The van der Waals surface area contributed by atoms with Crippen LogP contribution >= 0.6 is 12.2 Å². The molecule has 0 spiro atoms. The number of aromatic nitrogens is 2. The first-order valence-corrected chi connectivity index (χ1v) is 11.1. The highest BCUT2D eigenvalue weighted by Gasteiger charge is 2.42. The van der Waals surface area contributed by atoms with Gasteiger partial charge in [0, 0.05) is 23.3 Å². The van der Waals surface area contributed by atoms with Gasteiger partial charge in [-0.1, -0.05) is 18.2 Å². The fourth-order valence-corrected chi connectivity index (χ4v) is 4.99. The van der Waals surface area contributed by atoms with Crippen LogP contribution in [0.1, 0.15) is 34.7 Å². The second kappa shape index (κ2) is 8.41. The lowest BCUT2D eigenvalue weighted by Gasteiger charge is -2.28. The molecular weight excluding hydrogens is 438 g/mol. The van der Waals surface area contributed by atoms with Crippen LogP contribution in [0.2, 0.25) is 0 Å². The second-order valence-electron chi connectivity index (χ2n) is 8.09. The molecule has 166 valence electrons. The lowest BCUT2D eigenvalue weighted by Crippen LogP contribution is -2.29. The quantitative estimate of drug-likeness (QED) is 0.382. The van der Waals surface area contributed by atoms with Gasteiger partial charge in [-0.2, -0.15) is 0 Å². The van der Waals surface area contributed by atoms with Crippen LogP contribution in [0, 0.1) is 25.5 Å². The van der Waals surface area contributed by atoms with Gasteiger partial charge in [0.1, 0.15) is 11.6 Å². The molecule has 0 aliphatic carbocycles. The molecule has 5 rings (SSSR count). The maximum atomic E-state index is 14.7. The van der Waals surface area contributed by atoms with Gasteiger partial charge in [-0.25, -0.2) is 8.78 Å². The van der Waals surface area contributed by atoms with E-state index >= 15 is 0 Å². The Morgan fingerprint density at radius 3 is 2.36 bits per heavy atom.